The number of hydrogen-bond acceptors (Lipinski definition) is 5. The third-order valence-corrected chi connectivity index (χ3v) is 4.69. The number of aliphatic carboxylic acids is 1. The van der Waals surface area contributed by atoms with Crippen molar-refractivity contribution >= 4 is 18.2 Å². The van der Waals surface area contributed by atoms with E-state index < -0.39 is 34.8 Å². The Bertz CT molecular complexity index is 591. The molecule has 8 heteroatoms. The molecule has 0 radical (unpaired) electrons. The molecule has 0 aliphatic carbocycles. The fraction of sp³-hybridized carbons (Fsp3) is 0.833. The van der Waals surface area contributed by atoms with Crippen molar-refractivity contribution in [2.75, 3.05) is 26.2 Å². The Labute approximate surface area is 154 Å². The molecule has 0 saturated carbocycles. The molecule has 2 aliphatic rings. The summed E-state index contributed by atoms with van der Waals surface area (Å²) in [5.41, 5.74) is -2.31. The number of carbonyl (C=O) groups is 3. The van der Waals surface area contributed by atoms with Crippen LogP contribution in [0.25, 0.3) is 0 Å². The van der Waals surface area contributed by atoms with Crippen LogP contribution >= 0.6 is 0 Å². The summed E-state index contributed by atoms with van der Waals surface area (Å²) in [5.74, 6) is -1.29. The Balaban J connectivity index is 2.13. The standard InChI is InChI=1S/C18H30N2O6/c1-16(2,3)25-14(23)19-8-7-18(13(21)22)11-20(10-12(18)9-19)15(24)26-17(4,5)6/h12H,7-11H2,1-6H3,(H,21,22)/t12-,18-/m1/s1. The van der Waals surface area contributed by atoms with Gasteiger partial charge in [-0.3, -0.25) is 4.79 Å². The summed E-state index contributed by atoms with van der Waals surface area (Å²) in [5, 5.41) is 9.83. The van der Waals surface area contributed by atoms with Gasteiger partial charge in [0, 0.05) is 32.1 Å². The van der Waals surface area contributed by atoms with Crippen LogP contribution in [0.1, 0.15) is 48.0 Å². The van der Waals surface area contributed by atoms with Crippen LogP contribution in [0.5, 0.6) is 0 Å². The first-order valence-electron chi connectivity index (χ1n) is 8.93. The summed E-state index contributed by atoms with van der Waals surface area (Å²) in [7, 11) is 0. The monoisotopic (exact) mass is 370 g/mol. The van der Waals surface area contributed by atoms with Gasteiger partial charge in [0.2, 0.25) is 0 Å². The molecular formula is C18H30N2O6. The van der Waals surface area contributed by atoms with E-state index in [0.717, 1.165) is 0 Å². The van der Waals surface area contributed by atoms with E-state index in [1.54, 1.807) is 41.5 Å². The lowest BCUT2D eigenvalue weighted by atomic mass is 9.72. The van der Waals surface area contributed by atoms with Crippen LogP contribution in [0.3, 0.4) is 0 Å². The molecule has 1 N–H and O–H groups in total. The molecule has 2 rings (SSSR count). The van der Waals surface area contributed by atoms with Crippen LogP contribution in [0.4, 0.5) is 9.59 Å². The minimum absolute atomic E-state index is 0.101. The van der Waals surface area contributed by atoms with Crippen LogP contribution in [0.2, 0.25) is 0 Å². The van der Waals surface area contributed by atoms with Crippen LogP contribution < -0.4 is 0 Å². The van der Waals surface area contributed by atoms with E-state index in [4.69, 9.17) is 9.47 Å². The molecule has 148 valence electrons. The highest BCUT2D eigenvalue weighted by Crippen LogP contribution is 2.43. The predicted molar refractivity (Wildman–Crippen MR) is 93.8 cm³/mol. The van der Waals surface area contributed by atoms with E-state index in [0.29, 0.717) is 6.54 Å². The normalized spacial score (nSPS) is 26.3. The number of carboxylic acid groups (broad SMARTS) is 1. The highest BCUT2D eigenvalue weighted by Gasteiger charge is 2.57. The van der Waals surface area contributed by atoms with Gasteiger partial charge in [0.05, 0.1) is 5.41 Å². The molecule has 0 aromatic carbocycles. The van der Waals surface area contributed by atoms with Crippen molar-refractivity contribution in [1.82, 2.24) is 9.80 Å². The van der Waals surface area contributed by atoms with Gasteiger partial charge in [0.1, 0.15) is 11.2 Å². The molecule has 2 atom stereocenters. The average molecular weight is 370 g/mol. The van der Waals surface area contributed by atoms with Crippen LogP contribution in [-0.2, 0) is 14.3 Å². The van der Waals surface area contributed by atoms with Crippen molar-refractivity contribution < 1.29 is 29.0 Å². The molecule has 0 unspecified atom stereocenters. The van der Waals surface area contributed by atoms with Crippen molar-refractivity contribution in [3.05, 3.63) is 0 Å². The van der Waals surface area contributed by atoms with Gasteiger partial charge in [-0.1, -0.05) is 0 Å². The molecule has 0 aromatic heterocycles. The van der Waals surface area contributed by atoms with Gasteiger partial charge in [0.25, 0.3) is 0 Å². The molecule has 2 saturated heterocycles. The van der Waals surface area contributed by atoms with Gasteiger partial charge in [-0.25, -0.2) is 9.59 Å². The third-order valence-electron chi connectivity index (χ3n) is 4.69. The number of carboxylic acids is 1. The Morgan fingerprint density at radius 2 is 1.38 bits per heavy atom. The first-order valence-corrected chi connectivity index (χ1v) is 8.93. The zero-order chi connectivity index (χ0) is 19.9. The van der Waals surface area contributed by atoms with Crippen molar-refractivity contribution in [3.8, 4) is 0 Å². The molecular weight excluding hydrogens is 340 g/mol. The molecule has 0 aromatic rings. The Morgan fingerprint density at radius 3 is 1.85 bits per heavy atom. The summed E-state index contributed by atoms with van der Waals surface area (Å²) in [6, 6.07) is 0. The molecule has 2 aliphatic heterocycles. The van der Waals surface area contributed by atoms with Crippen molar-refractivity contribution in [3.63, 3.8) is 0 Å². The number of likely N-dealkylation sites (tertiary alicyclic amines) is 2. The predicted octanol–water partition coefficient (Wildman–Crippen LogP) is 2.57. The van der Waals surface area contributed by atoms with Gasteiger partial charge in [-0.05, 0) is 48.0 Å². The number of rotatable bonds is 1. The Morgan fingerprint density at radius 1 is 0.923 bits per heavy atom. The van der Waals surface area contributed by atoms with Gasteiger partial charge in [0.15, 0.2) is 0 Å². The molecule has 0 bridgehead atoms. The average Bonchev–Trinajstić information content (AvgIpc) is 2.83. The van der Waals surface area contributed by atoms with E-state index in [9.17, 15) is 19.5 Å². The highest BCUT2D eigenvalue weighted by molar-refractivity contribution is 5.79. The molecule has 2 amide bonds. The van der Waals surface area contributed by atoms with E-state index in [2.05, 4.69) is 0 Å². The van der Waals surface area contributed by atoms with E-state index in [-0.39, 0.29) is 32.0 Å². The van der Waals surface area contributed by atoms with Crippen molar-refractivity contribution in [2.24, 2.45) is 11.3 Å². The number of piperidine rings is 1. The molecule has 26 heavy (non-hydrogen) atoms. The molecule has 8 nitrogen and oxygen atoms in total. The summed E-state index contributed by atoms with van der Waals surface area (Å²) in [6.45, 7) is 11.6. The fourth-order valence-corrected chi connectivity index (χ4v) is 3.49. The second-order valence-electron chi connectivity index (χ2n) is 9.20. The van der Waals surface area contributed by atoms with Crippen LogP contribution in [0.15, 0.2) is 0 Å². The summed E-state index contributed by atoms with van der Waals surface area (Å²) in [6.07, 6.45) is -0.686. The minimum Gasteiger partial charge on any atom is -0.481 e. The Kier molecular flexibility index (Phi) is 5.18. The third kappa shape index (κ3) is 4.40. The summed E-state index contributed by atoms with van der Waals surface area (Å²) < 4.78 is 10.8. The lowest BCUT2D eigenvalue weighted by molar-refractivity contribution is -0.153. The highest BCUT2D eigenvalue weighted by atomic mass is 16.6. The largest absolute Gasteiger partial charge is 0.481 e. The summed E-state index contributed by atoms with van der Waals surface area (Å²) in [4.78, 5) is 39.7. The van der Waals surface area contributed by atoms with Crippen LogP contribution in [-0.4, -0.2) is 70.4 Å². The number of amides is 2. The Hall–Kier alpha value is -1.99. The fourth-order valence-electron chi connectivity index (χ4n) is 3.49. The topological polar surface area (TPSA) is 96.4 Å². The second kappa shape index (κ2) is 6.63. The zero-order valence-electron chi connectivity index (χ0n) is 16.5. The smallest absolute Gasteiger partial charge is 0.410 e. The van der Waals surface area contributed by atoms with Gasteiger partial charge < -0.3 is 24.4 Å². The lowest BCUT2D eigenvalue weighted by Gasteiger charge is -2.40. The first-order chi connectivity index (χ1) is 11.7. The lowest BCUT2D eigenvalue weighted by Crippen LogP contribution is -2.53. The zero-order valence-corrected chi connectivity index (χ0v) is 16.5. The maximum atomic E-state index is 12.4. The SMILES string of the molecule is CC(C)(C)OC(=O)N1CC[C@@]2(C(=O)O)CN(C(=O)OC(C)(C)C)C[C@H]2C1. The number of nitrogens with zero attached hydrogens (tertiary/aromatic N) is 2. The van der Waals surface area contributed by atoms with E-state index in [1.807, 2.05) is 0 Å². The number of fused-ring (bicyclic) bond motifs is 1. The van der Waals surface area contributed by atoms with Gasteiger partial charge >= 0.3 is 18.2 Å². The molecule has 0 spiro atoms. The van der Waals surface area contributed by atoms with Crippen molar-refractivity contribution in [2.45, 2.75) is 59.2 Å². The number of carbonyl (C=O) groups excluding carboxylic acids is 2. The van der Waals surface area contributed by atoms with E-state index in [1.165, 1.54) is 9.80 Å². The van der Waals surface area contributed by atoms with Crippen LogP contribution in [0, 0.1) is 11.3 Å². The molecule has 2 fully saturated rings. The summed E-state index contributed by atoms with van der Waals surface area (Å²) >= 11 is 0. The number of ether oxygens (including phenoxy) is 2. The molecule has 2 heterocycles. The maximum Gasteiger partial charge on any atom is 0.410 e. The maximum absolute atomic E-state index is 12.4. The quantitative estimate of drug-likeness (QED) is 0.762. The first kappa shape index (κ1) is 20.3. The van der Waals surface area contributed by atoms with Crippen molar-refractivity contribution in [1.29, 1.82) is 0 Å². The minimum atomic E-state index is -1.05. The number of hydrogen-bond donors (Lipinski definition) is 1. The van der Waals surface area contributed by atoms with Gasteiger partial charge in [-0.2, -0.15) is 0 Å². The van der Waals surface area contributed by atoms with E-state index >= 15 is 0 Å². The van der Waals surface area contributed by atoms with Gasteiger partial charge in [-0.15, -0.1) is 0 Å². The second-order valence-corrected chi connectivity index (χ2v) is 9.20.